The van der Waals surface area contributed by atoms with E-state index in [9.17, 15) is 19.7 Å². The molecule has 3 rings (SSSR count). The van der Waals surface area contributed by atoms with Crippen molar-refractivity contribution in [1.29, 1.82) is 0 Å². The van der Waals surface area contributed by atoms with Crippen molar-refractivity contribution in [2.45, 2.75) is 24.8 Å². The number of nitro benzene ring substituents is 1. The molecule has 0 unspecified atom stereocenters. The fourth-order valence-corrected chi connectivity index (χ4v) is 3.83. The molecule has 2 aromatic carbocycles. The topological polar surface area (TPSA) is 127 Å². The van der Waals surface area contributed by atoms with Crippen molar-refractivity contribution >= 4 is 40.9 Å². The first-order chi connectivity index (χ1) is 15.2. The van der Waals surface area contributed by atoms with Crippen LogP contribution in [0.3, 0.4) is 0 Å². The summed E-state index contributed by atoms with van der Waals surface area (Å²) in [7, 11) is 0. The van der Waals surface area contributed by atoms with Crippen LogP contribution in [0.15, 0.2) is 53.7 Å². The number of nitro groups is 1. The van der Waals surface area contributed by atoms with E-state index < -0.39 is 22.4 Å². The Labute approximate surface area is 192 Å². The summed E-state index contributed by atoms with van der Waals surface area (Å²) in [6.07, 6.45) is 0. The Morgan fingerprint density at radius 3 is 2.25 bits per heavy atom. The quantitative estimate of drug-likeness (QED) is 0.240. The maximum atomic E-state index is 12.3. The summed E-state index contributed by atoms with van der Waals surface area (Å²) < 4.78 is 0. The SMILES string of the molecule is Cc1cc(C)nc(SCc2ccc(C(=O)NNC(=O)c3ccc(Cl)cc3[N+](=O)[O-])cc2)n1. The third-order valence-electron chi connectivity index (χ3n) is 4.24. The van der Waals surface area contributed by atoms with Crippen LogP contribution in [-0.2, 0) is 5.75 Å². The molecule has 0 aliphatic heterocycles. The number of halogens is 1. The maximum Gasteiger partial charge on any atom is 0.283 e. The second-order valence-corrected chi connectivity index (χ2v) is 8.12. The van der Waals surface area contributed by atoms with E-state index in [-0.39, 0.29) is 10.6 Å². The lowest BCUT2D eigenvalue weighted by atomic mass is 10.1. The van der Waals surface area contributed by atoms with Crippen LogP contribution >= 0.6 is 23.4 Å². The van der Waals surface area contributed by atoms with E-state index in [1.807, 2.05) is 19.9 Å². The molecule has 1 aromatic heterocycles. The van der Waals surface area contributed by atoms with Gasteiger partial charge in [-0.1, -0.05) is 35.5 Å². The number of carbonyl (C=O) groups excluding carboxylic acids is 2. The standard InChI is InChI=1S/C21H18ClN5O4S/c1-12-9-13(2)24-21(23-12)32-11-14-3-5-15(6-4-14)19(28)25-26-20(29)17-8-7-16(22)10-18(17)27(30)31/h3-10H,11H2,1-2H3,(H,25,28)(H,26,29). The molecule has 3 aromatic rings. The largest absolute Gasteiger partial charge is 0.283 e. The summed E-state index contributed by atoms with van der Waals surface area (Å²) in [5, 5.41) is 11.9. The van der Waals surface area contributed by atoms with E-state index in [1.54, 1.807) is 24.3 Å². The summed E-state index contributed by atoms with van der Waals surface area (Å²) in [6, 6.07) is 12.3. The maximum absolute atomic E-state index is 12.3. The number of nitrogens with one attached hydrogen (secondary N) is 2. The Kier molecular flexibility index (Phi) is 7.39. The van der Waals surface area contributed by atoms with Crippen molar-refractivity contribution in [3.63, 3.8) is 0 Å². The molecule has 0 aliphatic carbocycles. The van der Waals surface area contributed by atoms with Gasteiger partial charge in [0.05, 0.1) is 4.92 Å². The van der Waals surface area contributed by atoms with Crippen LogP contribution < -0.4 is 10.9 Å². The molecule has 0 aliphatic rings. The molecule has 0 fully saturated rings. The van der Waals surface area contributed by atoms with Gasteiger partial charge in [0.2, 0.25) is 0 Å². The van der Waals surface area contributed by atoms with Crippen molar-refractivity contribution in [2.24, 2.45) is 0 Å². The van der Waals surface area contributed by atoms with E-state index >= 15 is 0 Å². The van der Waals surface area contributed by atoms with Crippen molar-refractivity contribution in [3.8, 4) is 0 Å². The van der Waals surface area contributed by atoms with Crippen LogP contribution in [0.5, 0.6) is 0 Å². The summed E-state index contributed by atoms with van der Waals surface area (Å²) in [5.41, 5.74) is 6.83. The van der Waals surface area contributed by atoms with Crippen molar-refractivity contribution in [3.05, 3.63) is 91.7 Å². The number of hydrazine groups is 1. The summed E-state index contributed by atoms with van der Waals surface area (Å²) >= 11 is 7.23. The van der Waals surface area contributed by atoms with Crippen molar-refractivity contribution in [2.75, 3.05) is 0 Å². The van der Waals surface area contributed by atoms with E-state index in [0.29, 0.717) is 16.5 Å². The van der Waals surface area contributed by atoms with Crippen LogP contribution in [0.4, 0.5) is 5.69 Å². The zero-order valence-electron chi connectivity index (χ0n) is 17.1. The molecule has 2 amide bonds. The molecule has 0 atom stereocenters. The number of nitrogens with zero attached hydrogens (tertiary/aromatic N) is 3. The lowest BCUT2D eigenvalue weighted by molar-refractivity contribution is -0.385. The minimum atomic E-state index is -0.830. The monoisotopic (exact) mass is 471 g/mol. The number of hydrogen-bond donors (Lipinski definition) is 2. The van der Waals surface area contributed by atoms with Crippen LogP contribution in [0.2, 0.25) is 5.02 Å². The molecule has 0 saturated heterocycles. The normalized spacial score (nSPS) is 10.5. The van der Waals surface area contributed by atoms with E-state index in [1.165, 1.54) is 23.9 Å². The Hall–Kier alpha value is -3.50. The minimum Gasteiger partial charge on any atom is -0.267 e. The number of carbonyl (C=O) groups is 2. The summed E-state index contributed by atoms with van der Waals surface area (Å²) in [6.45, 7) is 3.83. The highest BCUT2D eigenvalue weighted by Gasteiger charge is 2.21. The van der Waals surface area contributed by atoms with Gasteiger partial charge in [-0.3, -0.25) is 30.6 Å². The molecule has 0 radical (unpaired) electrons. The summed E-state index contributed by atoms with van der Waals surface area (Å²) in [5.74, 6) is -0.767. The smallest absolute Gasteiger partial charge is 0.267 e. The Balaban J connectivity index is 1.58. The highest BCUT2D eigenvalue weighted by Crippen LogP contribution is 2.23. The van der Waals surface area contributed by atoms with Crippen LogP contribution in [0.1, 0.15) is 37.7 Å². The molecule has 32 heavy (non-hydrogen) atoms. The molecular weight excluding hydrogens is 454 g/mol. The molecule has 11 heteroatoms. The Bertz CT molecular complexity index is 1170. The highest BCUT2D eigenvalue weighted by molar-refractivity contribution is 7.98. The molecular formula is C21H18ClN5O4S. The predicted molar refractivity (Wildman–Crippen MR) is 121 cm³/mol. The first-order valence-corrected chi connectivity index (χ1v) is 10.7. The average Bonchev–Trinajstić information content (AvgIpc) is 2.75. The lowest BCUT2D eigenvalue weighted by Gasteiger charge is -2.09. The van der Waals surface area contributed by atoms with Gasteiger partial charge in [0.1, 0.15) is 5.56 Å². The van der Waals surface area contributed by atoms with Gasteiger partial charge < -0.3 is 0 Å². The molecule has 0 bridgehead atoms. The first kappa shape index (κ1) is 23.2. The van der Waals surface area contributed by atoms with Gasteiger partial charge in [-0.15, -0.1) is 0 Å². The van der Waals surface area contributed by atoms with Crippen molar-refractivity contribution < 1.29 is 14.5 Å². The van der Waals surface area contributed by atoms with E-state index in [2.05, 4.69) is 20.8 Å². The minimum absolute atomic E-state index is 0.125. The van der Waals surface area contributed by atoms with Gasteiger partial charge in [0.15, 0.2) is 5.16 Å². The number of rotatable bonds is 6. The fraction of sp³-hybridized carbons (Fsp3) is 0.143. The van der Waals surface area contributed by atoms with E-state index in [0.717, 1.165) is 23.0 Å². The van der Waals surface area contributed by atoms with Gasteiger partial charge >= 0.3 is 0 Å². The highest BCUT2D eigenvalue weighted by atomic mass is 35.5. The second-order valence-electron chi connectivity index (χ2n) is 6.75. The second kappa shape index (κ2) is 10.2. The molecule has 9 nitrogen and oxygen atoms in total. The lowest BCUT2D eigenvalue weighted by Crippen LogP contribution is -2.41. The van der Waals surface area contributed by atoms with Gasteiger partial charge in [-0.2, -0.15) is 0 Å². The Morgan fingerprint density at radius 2 is 1.62 bits per heavy atom. The molecule has 1 heterocycles. The molecule has 0 spiro atoms. The number of amides is 2. The fourth-order valence-electron chi connectivity index (χ4n) is 2.76. The van der Waals surface area contributed by atoms with Gasteiger partial charge in [-0.05, 0) is 49.7 Å². The zero-order chi connectivity index (χ0) is 23.3. The number of hydrogen-bond acceptors (Lipinski definition) is 7. The van der Waals surface area contributed by atoms with Gasteiger partial charge in [0, 0.05) is 33.8 Å². The summed E-state index contributed by atoms with van der Waals surface area (Å²) in [4.78, 5) is 43.7. The zero-order valence-corrected chi connectivity index (χ0v) is 18.7. The Morgan fingerprint density at radius 1 is 1.00 bits per heavy atom. The number of aromatic nitrogens is 2. The average molecular weight is 472 g/mol. The first-order valence-electron chi connectivity index (χ1n) is 9.31. The van der Waals surface area contributed by atoms with Crippen LogP contribution in [-0.4, -0.2) is 26.7 Å². The number of benzene rings is 2. The van der Waals surface area contributed by atoms with Gasteiger partial charge in [-0.25, -0.2) is 9.97 Å². The number of aryl methyl sites for hydroxylation is 2. The predicted octanol–water partition coefficient (Wildman–Crippen LogP) is 4.02. The van der Waals surface area contributed by atoms with E-state index in [4.69, 9.17) is 11.6 Å². The van der Waals surface area contributed by atoms with Crippen LogP contribution in [0, 0.1) is 24.0 Å². The number of thioether (sulfide) groups is 1. The third kappa shape index (κ3) is 6.02. The van der Waals surface area contributed by atoms with Gasteiger partial charge in [0.25, 0.3) is 17.5 Å². The van der Waals surface area contributed by atoms with Crippen molar-refractivity contribution in [1.82, 2.24) is 20.8 Å². The molecule has 164 valence electrons. The molecule has 2 N–H and O–H groups in total. The van der Waals surface area contributed by atoms with Crippen LogP contribution in [0.25, 0.3) is 0 Å². The third-order valence-corrected chi connectivity index (χ3v) is 5.39. The molecule has 0 saturated carbocycles.